The number of carbonyl (C=O) groups excluding carboxylic acids is 7. The van der Waals surface area contributed by atoms with Crippen LogP contribution in [0.5, 0.6) is 0 Å². The van der Waals surface area contributed by atoms with Crippen LogP contribution in [0.25, 0.3) is 10.8 Å². The molecule has 1 saturated heterocycles. The minimum atomic E-state index is -4.57. The molecule has 6 rings (SSSR count). The van der Waals surface area contributed by atoms with Gasteiger partial charge in [-0.15, -0.1) is 5.10 Å². The summed E-state index contributed by atoms with van der Waals surface area (Å²) in [6, 6.07) is 21.7. The second kappa shape index (κ2) is 29.5. The maximum Gasteiger partial charge on any atom is 0.303 e. The number of nitrogens with one attached hydrogen (secondary N) is 4. The Bertz CT molecular complexity index is 3230. The fourth-order valence-corrected chi connectivity index (χ4v) is 9.16. The number of aromatic nitrogens is 3. The van der Waals surface area contributed by atoms with E-state index in [0.29, 0.717) is 33.7 Å². The number of hydrogen-bond donors (Lipinski definition) is 5. The maximum absolute atomic E-state index is 14.5. The zero-order valence-electron chi connectivity index (χ0n) is 46.8. The minimum Gasteiger partial charge on any atom is -0.463 e. The number of esters is 4. The summed E-state index contributed by atoms with van der Waals surface area (Å²) < 4.78 is 82.1. The summed E-state index contributed by atoms with van der Waals surface area (Å²) in [6.07, 6.45) is -6.70. The zero-order chi connectivity index (χ0) is 60.4. The van der Waals surface area contributed by atoms with E-state index in [1.165, 1.54) is 29.8 Å². The Morgan fingerprint density at radius 3 is 2.06 bits per heavy atom. The van der Waals surface area contributed by atoms with Crippen LogP contribution in [-0.4, -0.2) is 166 Å². The Morgan fingerprint density at radius 2 is 1.43 bits per heavy atom. The molecule has 1 aromatic heterocycles. The van der Waals surface area contributed by atoms with Gasteiger partial charge >= 0.3 is 23.9 Å². The highest BCUT2D eigenvalue weighted by molar-refractivity contribution is 7.86. The highest BCUT2D eigenvalue weighted by Gasteiger charge is 2.55. The fraction of sp³-hybridized carbons (Fsp3) is 0.426. The highest BCUT2D eigenvalue weighted by Crippen LogP contribution is 2.33. The van der Waals surface area contributed by atoms with Gasteiger partial charge < -0.3 is 64.1 Å². The predicted octanol–water partition coefficient (Wildman–Crippen LogP) is 3.67. The first-order chi connectivity index (χ1) is 39.4. The van der Waals surface area contributed by atoms with Crippen molar-refractivity contribution in [1.82, 2.24) is 30.9 Å². The lowest BCUT2D eigenvalue weighted by Crippen LogP contribution is -2.68. The molecule has 2 heterocycles. The van der Waals surface area contributed by atoms with E-state index in [-0.39, 0.29) is 62.2 Å². The van der Waals surface area contributed by atoms with Crippen LogP contribution in [0.1, 0.15) is 57.6 Å². The van der Waals surface area contributed by atoms with Gasteiger partial charge in [0.15, 0.2) is 18.5 Å². The van der Waals surface area contributed by atoms with E-state index in [1.54, 1.807) is 48.7 Å². The van der Waals surface area contributed by atoms with Gasteiger partial charge in [-0.2, -0.15) is 18.6 Å². The van der Waals surface area contributed by atoms with E-state index in [1.807, 2.05) is 43.3 Å². The predicted molar refractivity (Wildman–Crippen MR) is 294 cm³/mol. The van der Waals surface area contributed by atoms with E-state index < -0.39 is 95.0 Å². The molecule has 446 valence electrons. The summed E-state index contributed by atoms with van der Waals surface area (Å²) in [4.78, 5) is 91.9. The van der Waals surface area contributed by atoms with Gasteiger partial charge in [0.05, 0.1) is 50.5 Å². The van der Waals surface area contributed by atoms with Crippen LogP contribution in [0, 0.1) is 0 Å². The number of amides is 3. The molecule has 7 atom stereocenters. The zero-order valence-corrected chi connectivity index (χ0v) is 47.6. The second-order valence-corrected chi connectivity index (χ2v) is 20.4. The van der Waals surface area contributed by atoms with Crippen molar-refractivity contribution in [3.8, 4) is 0 Å². The lowest BCUT2D eigenvalue weighted by atomic mass is 9.95. The van der Waals surface area contributed by atoms with E-state index >= 15 is 0 Å². The summed E-state index contributed by atoms with van der Waals surface area (Å²) in [5, 5.41) is 28.6. The number of hydrogen-bond acceptors (Lipinski definition) is 23. The molecule has 0 saturated carbocycles. The van der Waals surface area contributed by atoms with Crippen LogP contribution >= 0.6 is 0 Å². The lowest BCUT2D eigenvalue weighted by molar-refractivity contribution is -0.338. The number of rotatable bonds is 28. The van der Waals surface area contributed by atoms with Crippen molar-refractivity contribution in [2.24, 2.45) is 10.2 Å². The Balaban J connectivity index is 1.14. The third-order valence-electron chi connectivity index (χ3n) is 12.2. The van der Waals surface area contributed by atoms with Crippen LogP contribution in [0.15, 0.2) is 106 Å². The summed E-state index contributed by atoms with van der Waals surface area (Å²) in [6.45, 7) is 5.48. The largest absolute Gasteiger partial charge is 0.463 e. The number of ether oxygens (including phenoxy) is 8. The molecule has 4 aromatic carbocycles. The summed E-state index contributed by atoms with van der Waals surface area (Å²) in [5.41, 5.74) is 1.12. The molecular weight excluding hydrogens is 1110 g/mol. The van der Waals surface area contributed by atoms with Crippen LogP contribution in [-0.2, 0) is 89.9 Å². The molecule has 83 heavy (non-hydrogen) atoms. The molecule has 1 fully saturated rings. The molecule has 0 radical (unpaired) electrons. The average Bonchev–Trinajstić information content (AvgIpc) is 3.48. The molecule has 5 N–H and O–H groups in total. The van der Waals surface area contributed by atoms with Gasteiger partial charge in [-0.1, -0.05) is 29.5 Å². The molecular formula is C54H66N10O18S. The van der Waals surface area contributed by atoms with Crippen LogP contribution < -0.4 is 26.2 Å². The van der Waals surface area contributed by atoms with Crippen molar-refractivity contribution in [2.45, 2.75) is 102 Å². The number of azo groups is 1. The van der Waals surface area contributed by atoms with Crippen LogP contribution in [0.4, 0.5) is 22.7 Å². The molecule has 0 spiro atoms. The van der Waals surface area contributed by atoms with Crippen molar-refractivity contribution in [3.05, 3.63) is 102 Å². The van der Waals surface area contributed by atoms with Crippen molar-refractivity contribution in [1.29, 1.82) is 0 Å². The van der Waals surface area contributed by atoms with Crippen molar-refractivity contribution >= 4 is 85.2 Å². The minimum absolute atomic E-state index is 0.00677. The first kappa shape index (κ1) is 63.7. The highest BCUT2D eigenvalue weighted by atomic mass is 32.2. The quantitative estimate of drug-likeness (QED) is 0.0119. The van der Waals surface area contributed by atoms with E-state index in [4.69, 9.17) is 37.9 Å². The van der Waals surface area contributed by atoms with E-state index in [2.05, 4.69) is 41.8 Å². The van der Waals surface area contributed by atoms with Crippen LogP contribution in [0.3, 0.4) is 0 Å². The van der Waals surface area contributed by atoms with Crippen molar-refractivity contribution < 1.29 is 84.4 Å². The smallest absolute Gasteiger partial charge is 0.303 e. The van der Waals surface area contributed by atoms with E-state index in [0.717, 1.165) is 40.3 Å². The Kier molecular flexibility index (Phi) is 22.6. The Morgan fingerprint density at radius 1 is 0.783 bits per heavy atom. The number of nitrogens with zero attached hydrogens (tertiary/aromatic N) is 6. The molecule has 1 unspecified atom stereocenters. The number of carbonyl (C=O) groups is 7. The molecule has 1 aliphatic heterocycles. The van der Waals surface area contributed by atoms with Crippen molar-refractivity contribution in [3.63, 3.8) is 0 Å². The number of fused-ring (bicyclic) bond motifs is 1. The summed E-state index contributed by atoms with van der Waals surface area (Å²) in [7, 11) is -0.687. The maximum atomic E-state index is 14.5. The summed E-state index contributed by atoms with van der Waals surface area (Å²) >= 11 is 0. The van der Waals surface area contributed by atoms with Gasteiger partial charge in [-0.3, -0.25) is 38.1 Å². The summed E-state index contributed by atoms with van der Waals surface area (Å²) in [5.74, 6) is -5.56. The molecule has 29 heteroatoms. The molecule has 0 aliphatic carbocycles. The number of benzene rings is 4. The monoisotopic (exact) mass is 1170 g/mol. The Labute approximate surface area is 477 Å². The SMILES string of the molecule is CC(=O)N[C@H]1[C@H](O[C@@H](OCCOCCn2cc(CNC(=O)c3ccc(N=Nc4ccc(N(C)C)cc4)cc3)nn2)C(C)(OC(C)=O)C(=O)NCCNc2cccc3c(S(=O)(=O)O)cccc23)O[C@H](COC(C)=O)[C@@H](OC(C)=O)[C@@H]1OC(C)=O. The van der Waals surface area contributed by atoms with Gasteiger partial charge in [-0.05, 0) is 67.6 Å². The Hall–Kier alpha value is -8.48. The standard InChI is InChI=1S/C54H66N10O18S/c1-32(65)58-47-49(79-35(4)68)48(78-34(3)67)45(31-77-33(2)66)80-51(47)81-53(54(6,82-36(5)69)52(71)56-24-23-55-44-13-9-12-43-42(44)11-10-14-46(43)83(72,73)74)76-28-27-75-26-25-64-30-40(61-62-64)29-57-50(70)37-15-17-38(18-16-37)59-60-39-19-21-41(22-20-39)63(7)8/h9-22,30,45,47-49,51,53,55H,23-29,31H2,1-8H3,(H,56,71)(H,57,70)(H,58,65)(H,72,73,74)/t45-,47-,48-,49-,51+,53-,54?/m1/s1. The van der Waals surface area contributed by atoms with E-state index in [9.17, 15) is 46.5 Å². The lowest BCUT2D eigenvalue weighted by Gasteiger charge is -2.46. The van der Waals surface area contributed by atoms with Gasteiger partial charge in [0.1, 0.15) is 29.3 Å². The van der Waals surface area contributed by atoms with Gasteiger partial charge in [0, 0.05) is 89.5 Å². The number of anilines is 2. The van der Waals surface area contributed by atoms with Gasteiger partial charge in [-0.25, -0.2) is 4.68 Å². The van der Waals surface area contributed by atoms with Crippen molar-refractivity contribution in [2.75, 3.05) is 63.8 Å². The molecule has 3 amide bonds. The fourth-order valence-electron chi connectivity index (χ4n) is 8.45. The molecule has 0 bridgehead atoms. The molecule has 28 nitrogen and oxygen atoms in total. The normalized spacial score (nSPS) is 18.0. The first-order valence-electron chi connectivity index (χ1n) is 25.8. The second-order valence-electron chi connectivity index (χ2n) is 19.0. The van der Waals surface area contributed by atoms with Crippen LogP contribution in [0.2, 0.25) is 0 Å². The average molecular weight is 1180 g/mol. The van der Waals surface area contributed by atoms with Gasteiger partial charge in [0.25, 0.3) is 21.9 Å². The third-order valence-corrected chi connectivity index (χ3v) is 13.1. The van der Waals surface area contributed by atoms with Gasteiger partial charge in [0.2, 0.25) is 17.8 Å². The third kappa shape index (κ3) is 18.5. The molecule has 1 aliphatic rings. The topological polar surface area (TPSA) is 354 Å². The first-order valence-corrected chi connectivity index (χ1v) is 27.3. The molecule has 5 aromatic rings.